The molecule has 3 atom stereocenters. The topological polar surface area (TPSA) is 52.6 Å². The van der Waals surface area contributed by atoms with Gasteiger partial charge in [-0.3, -0.25) is 4.98 Å². The Labute approximate surface area is 173 Å². The molecule has 1 N–H and O–H groups in total. The molecule has 1 aromatic carbocycles. The highest BCUT2D eigenvalue weighted by molar-refractivity contribution is 5.30. The predicted octanol–water partition coefficient (Wildman–Crippen LogP) is 3.94. The van der Waals surface area contributed by atoms with Crippen molar-refractivity contribution in [3.05, 3.63) is 59.9 Å². The molecule has 1 aromatic heterocycles. The van der Waals surface area contributed by atoms with Crippen molar-refractivity contribution in [3.8, 4) is 5.75 Å². The van der Waals surface area contributed by atoms with E-state index in [-0.39, 0.29) is 0 Å². The number of hydrogen-bond acceptors (Lipinski definition) is 5. The summed E-state index contributed by atoms with van der Waals surface area (Å²) in [7, 11) is 0. The smallest absolute Gasteiger partial charge is 0.137 e. The second kappa shape index (κ2) is 10.7. The molecular formula is C24H32N2O3. The van der Waals surface area contributed by atoms with Crippen LogP contribution in [0.25, 0.3) is 0 Å². The van der Waals surface area contributed by atoms with Gasteiger partial charge in [0.2, 0.25) is 0 Å². The van der Waals surface area contributed by atoms with Gasteiger partial charge in [-0.1, -0.05) is 30.3 Å². The first kappa shape index (κ1) is 20.3. The number of nitrogens with one attached hydrogen (secondary N) is 1. The molecule has 1 aliphatic heterocycles. The van der Waals surface area contributed by atoms with Crippen LogP contribution in [0.1, 0.15) is 42.7 Å². The van der Waals surface area contributed by atoms with Crippen molar-refractivity contribution in [2.45, 2.75) is 44.2 Å². The van der Waals surface area contributed by atoms with E-state index in [0.29, 0.717) is 18.6 Å². The molecule has 0 bridgehead atoms. The van der Waals surface area contributed by atoms with Crippen LogP contribution in [0.5, 0.6) is 5.75 Å². The monoisotopic (exact) mass is 396 g/mol. The fourth-order valence-corrected chi connectivity index (χ4v) is 3.74. The molecule has 5 nitrogen and oxygen atoms in total. The number of aromatic nitrogens is 1. The lowest BCUT2D eigenvalue weighted by atomic mass is 10.1. The molecule has 4 rings (SSSR count). The SMILES string of the molecule is c1ccc(COCCCOCC[C@@H]2C[C@@H]2c2cncc(OC[C@@H]3CCN3)c2)cc1. The van der Waals surface area contributed by atoms with E-state index in [1.807, 2.05) is 30.6 Å². The fraction of sp³-hybridized carbons (Fsp3) is 0.542. The summed E-state index contributed by atoms with van der Waals surface area (Å²) in [6, 6.07) is 13.0. The van der Waals surface area contributed by atoms with Crippen molar-refractivity contribution in [1.29, 1.82) is 0 Å². The summed E-state index contributed by atoms with van der Waals surface area (Å²) in [5.74, 6) is 2.23. The summed E-state index contributed by atoms with van der Waals surface area (Å²) in [5.41, 5.74) is 2.53. The van der Waals surface area contributed by atoms with E-state index in [2.05, 4.69) is 28.5 Å². The van der Waals surface area contributed by atoms with E-state index in [0.717, 1.165) is 57.5 Å². The van der Waals surface area contributed by atoms with E-state index in [1.165, 1.54) is 24.0 Å². The number of pyridine rings is 1. The van der Waals surface area contributed by atoms with Gasteiger partial charge in [-0.2, -0.15) is 0 Å². The molecule has 2 fully saturated rings. The van der Waals surface area contributed by atoms with Crippen molar-refractivity contribution in [3.63, 3.8) is 0 Å². The van der Waals surface area contributed by atoms with E-state index >= 15 is 0 Å². The summed E-state index contributed by atoms with van der Waals surface area (Å²) >= 11 is 0. The summed E-state index contributed by atoms with van der Waals surface area (Å²) in [4.78, 5) is 4.37. The zero-order chi connectivity index (χ0) is 19.7. The molecule has 2 aromatic rings. The van der Waals surface area contributed by atoms with Gasteiger partial charge in [0.15, 0.2) is 0 Å². The third kappa shape index (κ3) is 6.53. The molecule has 2 heterocycles. The van der Waals surface area contributed by atoms with Gasteiger partial charge in [-0.15, -0.1) is 0 Å². The van der Waals surface area contributed by atoms with E-state index < -0.39 is 0 Å². The standard InChI is InChI=1S/C24H32N2O3/c1-2-5-19(6-3-1)17-28-11-4-10-27-12-8-20-14-24(20)21-13-23(16-25-15-21)29-18-22-7-9-26-22/h1-3,5-6,13,15-16,20,22,24,26H,4,7-12,14,17-18H2/t20-,22+,24+/m1/s1. The maximum Gasteiger partial charge on any atom is 0.137 e. The van der Waals surface area contributed by atoms with Crippen LogP contribution >= 0.6 is 0 Å². The molecule has 29 heavy (non-hydrogen) atoms. The third-order valence-electron chi connectivity index (χ3n) is 5.78. The maximum atomic E-state index is 5.88. The molecule has 2 aliphatic rings. The maximum absolute atomic E-state index is 5.88. The van der Waals surface area contributed by atoms with Crippen molar-refractivity contribution in [1.82, 2.24) is 10.3 Å². The van der Waals surface area contributed by atoms with Crippen LogP contribution in [0.4, 0.5) is 0 Å². The van der Waals surface area contributed by atoms with Crippen LogP contribution in [0.3, 0.4) is 0 Å². The van der Waals surface area contributed by atoms with Gasteiger partial charge >= 0.3 is 0 Å². The van der Waals surface area contributed by atoms with Crippen molar-refractivity contribution in [2.75, 3.05) is 33.0 Å². The molecule has 1 aliphatic carbocycles. The Morgan fingerprint density at radius 2 is 1.90 bits per heavy atom. The van der Waals surface area contributed by atoms with Crippen LogP contribution in [-0.2, 0) is 16.1 Å². The molecular weight excluding hydrogens is 364 g/mol. The molecule has 5 heteroatoms. The number of ether oxygens (including phenoxy) is 3. The first-order chi connectivity index (χ1) is 14.4. The minimum Gasteiger partial charge on any atom is -0.490 e. The van der Waals surface area contributed by atoms with E-state index in [1.54, 1.807) is 0 Å². The average molecular weight is 397 g/mol. The second-order valence-corrected chi connectivity index (χ2v) is 8.10. The first-order valence-electron chi connectivity index (χ1n) is 10.9. The van der Waals surface area contributed by atoms with Gasteiger partial charge in [-0.25, -0.2) is 0 Å². The Balaban J connectivity index is 1.04. The second-order valence-electron chi connectivity index (χ2n) is 8.10. The molecule has 1 saturated carbocycles. The van der Waals surface area contributed by atoms with Crippen LogP contribution in [0.2, 0.25) is 0 Å². The molecule has 156 valence electrons. The third-order valence-corrected chi connectivity index (χ3v) is 5.78. The van der Waals surface area contributed by atoms with Crippen LogP contribution in [-0.4, -0.2) is 44.0 Å². The lowest BCUT2D eigenvalue weighted by Gasteiger charge is -2.27. The van der Waals surface area contributed by atoms with Gasteiger partial charge in [0.05, 0.1) is 12.8 Å². The molecule has 0 radical (unpaired) electrons. The van der Waals surface area contributed by atoms with Crippen LogP contribution in [0, 0.1) is 5.92 Å². The van der Waals surface area contributed by atoms with Crippen LogP contribution < -0.4 is 10.1 Å². The Kier molecular flexibility index (Phi) is 7.51. The molecule has 1 saturated heterocycles. The highest BCUT2D eigenvalue weighted by Gasteiger charge is 2.38. The van der Waals surface area contributed by atoms with Crippen molar-refractivity contribution >= 4 is 0 Å². The van der Waals surface area contributed by atoms with E-state index in [9.17, 15) is 0 Å². The summed E-state index contributed by atoms with van der Waals surface area (Å²) in [6.07, 6.45) is 8.31. The highest BCUT2D eigenvalue weighted by Crippen LogP contribution is 2.49. The molecule has 0 spiro atoms. The summed E-state index contributed by atoms with van der Waals surface area (Å²) < 4.78 is 17.4. The predicted molar refractivity (Wildman–Crippen MR) is 113 cm³/mol. The Morgan fingerprint density at radius 3 is 2.72 bits per heavy atom. The average Bonchev–Trinajstić information content (AvgIpc) is 3.49. The lowest BCUT2D eigenvalue weighted by molar-refractivity contribution is 0.0735. The van der Waals surface area contributed by atoms with Gasteiger partial charge in [0, 0.05) is 32.1 Å². The largest absolute Gasteiger partial charge is 0.490 e. The number of benzene rings is 1. The normalized spacial score (nSPS) is 22.8. The Hall–Kier alpha value is -1.95. The first-order valence-corrected chi connectivity index (χ1v) is 10.9. The minimum atomic E-state index is 0.508. The summed E-state index contributed by atoms with van der Waals surface area (Å²) in [6.45, 7) is 4.87. The molecule has 0 amide bonds. The van der Waals surface area contributed by atoms with Crippen molar-refractivity contribution < 1.29 is 14.2 Å². The number of rotatable bonds is 13. The highest BCUT2D eigenvalue weighted by atomic mass is 16.5. The quantitative estimate of drug-likeness (QED) is 0.520. The fourth-order valence-electron chi connectivity index (χ4n) is 3.74. The minimum absolute atomic E-state index is 0.508. The lowest BCUT2D eigenvalue weighted by Crippen LogP contribution is -2.46. The van der Waals surface area contributed by atoms with Gasteiger partial charge in [0.25, 0.3) is 0 Å². The zero-order valence-electron chi connectivity index (χ0n) is 17.1. The van der Waals surface area contributed by atoms with E-state index in [4.69, 9.17) is 14.2 Å². The number of nitrogens with zero attached hydrogens (tertiary/aromatic N) is 1. The Morgan fingerprint density at radius 1 is 1.03 bits per heavy atom. The van der Waals surface area contributed by atoms with Crippen molar-refractivity contribution in [2.24, 2.45) is 5.92 Å². The van der Waals surface area contributed by atoms with Gasteiger partial charge in [-0.05, 0) is 61.3 Å². The van der Waals surface area contributed by atoms with Gasteiger partial charge < -0.3 is 19.5 Å². The molecule has 0 unspecified atom stereocenters. The summed E-state index contributed by atoms with van der Waals surface area (Å²) in [5, 5.41) is 3.36. The number of hydrogen-bond donors (Lipinski definition) is 1. The van der Waals surface area contributed by atoms with Crippen LogP contribution in [0.15, 0.2) is 48.8 Å². The zero-order valence-corrected chi connectivity index (χ0v) is 17.1. The Bertz CT molecular complexity index is 736. The van der Waals surface area contributed by atoms with Gasteiger partial charge in [0.1, 0.15) is 12.4 Å².